The van der Waals surface area contributed by atoms with Crippen LogP contribution in [-0.2, 0) is 4.74 Å². The molecule has 1 aromatic heterocycles. The molecule has 1 aromatic carbocycles. The quantitative estimate of drug-likeness (QED) is 0.858. The Hall–Kier alpha value is -2.81. The van der Waals surface area contributed by atoms with Crippen LogP contribution < -0.4 is 4.74 Å². The smallest absolute Gasteiger partial charge is 0.374 e. The standard InChI is InChI=1S/C16H17N3O3/c1-4-21-16(20)15-18-9-13(19-15)11-5-6-14(22-10(2)3)12(7-11)8-17/h5-7,9-10H,4H2,1-3H3,(H,18,19). The molecule has 2 aromatic rings. The van der Waals surface area contributed by atoms with E-state index in [9.17, 15) is 10.1 Å². The van der Waals surface area contributed by atoms with Gasteiger partial charge in [0, 0.05) is 11.8 Å². The summed E-state index contributed by atoms with van der Waals surface area (Å²) in [6, 6.07) is 7.31. The average Bonchev–Trinajstić information content (AvgIpc) is 2.97. The molecule has 0 saturated carbocycles. The number of aromatic amines is 1. The molecule has 22 heavy (non-hydrogen) atoms. The number of benzene rings is 1. The summed E-state index contributed by atoms with van der Waals surface area (Å²) in [6.07, 6.45) is 1.59. The van der Waals surface area contributed by atoms with Crippen molar-refractivity contribution in [2.24, 2.45) is 0 Å². The number of rotatable bonds is 5. The minimum absolute atomic E-state index is 0.0150. The minimum atomic E-state index is -0.506. The Bertz CT molecular complexity index is 714. The number of nitrogens with one attached hydrogen (secondary N) is 1. The Morgan fingerprint density at radius 3 is 2.86 bits per heavy atom. The zero-order chi connectivity index (χ0) is 16.1. The Kier molecular flexibility index (Phi) is 4.79. The third kappa shape index (κ3) is 3.44. The Labute approximate surface area is 128 Å². The van der Waals surface area contributed by atoms with Crippen molar-refractivity contribution in [2.45, 2.75) is 26.9 Å². The first-order valence-electron chi connectivity index (χ1n) is 6.98. The first-order valence-corrected chi connectivity index (χ1v) is 6.98. The number of imidazole rings is 1. The molecule has 1 heterocycles. The number of nitrogens with zero attached hydrogens (tertiary/aromatic N) is 2. The van der Waals surface area contributed by atoms with Crippen LogP contribution in [0.25, 0.3) is 11.3 Å². The predicted molar refractivity (Wildman–Crippen MR) is 80.5 cm³/mol. The van der Waals surface area contributed by atoms with Gasteiger partial charge in [0.15, 0.2) is 0 Å². The van der Waals surface area contributed by atoms with Crippen molar-refractivity contribution >= 4 is 5.97 Å². The highest BCUT2D eigenvalue weighted by Gasteiger charge is 2.14. The van der Waals surface area contributed by atoms with Gasteiger partial charge in [0.2, 0.25) is 5.82 Å². The molecular formula is C16H17N3O3. The van der Waals surface area contributed by atoms with Gasteiger partial charge in [0.25, 0.3) is 0 Å². The predicted octanol–water partition coefficient (Wildman–Crippen LogP) is 2.91. The van der Waals surface area contributed by atoms with E-state index < -0.39 is 5.97 Å². The number of hydrogen-bond acceptors (Lipinski definition) is 5. The lowest BCUT2D eigenvalue weighted by Crippen LogP contribution is -2.07. The van der Waals surface area contributed by atoms with Crippen molar-refractivity contribution in [1.82, 2.24) is 9.97 Å². The first-order chi connectivity index (χ1) is 10.5. The number of carbonyl (C=O) groups is 1. The highest BCUT2D eigenvalue weighted by molar-refractivity contribution is 5.86. The van der Waals surface area contributed by atoms with E-state index in [0.717, 1.165) is 5.56 Å². The highest BCUT2D eigenvalue weighted by Crippen LogP contribution is 2.26. The lowest BCUT2D eigenvalue weighted by molar-refractivity contribution is 0.0513. The normalized spacial score (nSPS) is 10.3. The van der Waals surface area contributed by atoms with E-state index in [1.165, 1.54) is 0 Å². The van der Waals surface area contributed by atoms with Gasteiger partial charge in [0.1, 0.15) is 11.8 Å². The molecule has 0 atom stereocenters. The van der Waals surface area contributed by atoms with Crippen molar-refractivity contribution in [3.05, 3.63) is 35.8 Å². The molecule has 0 spiro atoms. The van der Waals surface area contributed by atoms with Crippen LogP contribution in [0, 0.1) is 11.3 Å². The summed E-state index contributed by atoms with van der Waals surface area (Å²) in [6.45, 7) is 5.81. The molecule has 1 N–H and O–H groups in total. The van der Waals surface area contributed by atoms with Gasteiger partial charge < -0.3 is 14.5 Å². The molecule has 0 unspecified atom stereocenters. The summed E-state index contributed by atoms with van der Waals surface area (Å²) < 4.78 is 10.5. The van der Waals surface area contributed by atoms with Crippen LogP contribution in [-0.4, -0.2) is 28.6 Å². The molecule has 6 heteroatoms. The summed E-state index contributed by atoms with van der Waals surface area (Å²) in [5.41, 5.74) is 1.71. The zero-order valence-electron chi connectivity index (χ0n) is 12.7. The van der Waals surface area contributed by atoms with Crippen LogP contribution >= 0.6 is 0 Å². The van der Waals surface area contributed by atoms with Crippen molar-refractivity contribution in [2.75, 3.05) is 6.61 Å². The van der Waals surface area contributed by atoms with E-state index in [0.29, 0.717) is 17.0 Å². The molecule has 6 nitrogen and oxygen atoms in total. The third-order valence-electron chi connectivity index (χ3n) is 2.81. The van der Waals surface area contributed by atoms with Gasteiger partial charge in [-0.05, 0) is 39.0 Å². The number of carbonyl (C=O) groups excluding carboxylic acids is 1. The molecule has 0 amide bonds. The van der Waals surface area contributed by atoms with Gasteiger partial charge in [-0.25, -0.2) is 9.78 Å². The molecule has 2 rings (SSSR count). The number of H-pyrrole nitrogens is 1. The maximum absolute atomic E-state index is 11.6. The summed E-state index contributed by atoms with van der Waals surface area (Å²) in [5.74, 6) is 0.161. The molecule has 0 aliphatic rings. The second kappa shape index (κ2) is 6.76. The van der Waals surface area contributed by atoms with Gasteiger partial charge >= 0.3 is 5.97 Å². The maximum atomic E-state index is 11.6. The van der Waals surface area contributed by atoms with Crippen LogP contribution in [0.5, 0.6) is 5.75 Å². The number of ether oxygens (including phenoxy) is 2. The number of esters is 1. The van der Waals surface area contributed by atoms with E-state index in [2.05, 4.69) is 16.0 Å². The fourth-order valence-corrected chi connectivity index (χ4v) is 1.91. The molecule has 114 valence electrons. The van der Waals surface area contributed by atoms with Gasteiger partial charge in [-0.1, -0.05) is 0 Å². The lowest BCUT2D eigenvalue weighted by Gasteiger charge is -2.11. The van der Waals surface area contributed by atoms with E-state index in [1.807, 2.05) is 13.8 Å². The zero-order valence-corrected chi connectivity index (χ0v) is 12.7. The van der Waals surface area contributed by atoms with Gasteiger partial charge in [0.05, 0.1) is 24.0 Å². The Balaban J connectivity index is 2.30. The van der Waals surface area contributed by atoms with Crippen LogP contribution in [0.2, 0.25) is 0 Å². The van der Waals surface area contributed by atoms with Gasteiger partial charge in [-0.3, -0.25) is 0 Å². The molecule has 0 saturated heterocycles. The summed E-state index contributed by atoms with van der Waals surface area (Å²) in [7, 11) is 0. The topological polar surface area (TPSA) is 88.0 Å². The van der Waals surface area contributed by atoms with Crippen LogP contribution in [0.15, 0.2) is 24.4 Å². The summed E-state index contributed by atoms with van der Waals surface area (Å²) >= 11 is 0. The summed E-state index contributed by atoms with van der Waals surface area (Å²) in [4.78, 5) is 18.6. The van der Waals surface area contributed by atoms with Crippen molar-refractivity contribution in [3.63, 3.8) is 0 Å². The van der Waals surface area contributed by atoms with E-state index in [-0.39, 0.29) is 18.5 Å². The Morgan fingerprint density at radius 1 is 1.45 bits per heavy atom. The van der Waals surface area contributed by atoms with Crippen molar-refractivity contribution in [1.29, 1.82) is 5.26 Å². The van der Waals surface area contributed by atoms with Crippen LogP contribution in [0.4, 0.5) is 0 Å². The van der Waals surface area contributed by atoms with E-state index in [4.69, 9.17) is 9.47 Å². The second-order valence-corrected chi connectivity index (χ2v) is 4.84. The summed E-state index contributed by atoms with van der Waals surface area (Å²) in [5, 5.41) is 9.23. The van der Waals surface area contributed by atoms with Crippen molar-refractivity contribution < 1.29 is 14.3 Å². The highest BCUT2D eigenvalue weighted by atomic mass is 16.5. The monoisotopic (exact) mass is 299 g/mol. The molecular weight excluding hydrogens is 282 g/mol. The first kappa shape index (κ1) is 15.6. The van der Waals surface area contributed by atoms with Crippen molar-refractivity contribution in [3.8, 4) is 23.1 Å². The molecule has 0 radical (unpaired) electrons. The van der Waals surface area contributed by atoms with Crippen LogP contribution in [0.1, 0.15) is 37.0 Å². The Morgan fingerprint density at radius 2 is 2.23 bits per heavy atom. The maximum Gasteiger partial charge on any atom is 0.374 e. The average molecular weight is 299 g/mol. The largest absolute Gasteiger partial charge is 0.490 e. The number of aromatic nitrogens is 2. The minimum Gasteiger partial charge on any atom is -0.490 e. The second-order valence-electron chi connectivity index (χ2n) is 4.84. The van der Waals surface area contributed by atoms with E-state index in [1.54, 1.807) is 31.3 Å². The lowest BCUT2D eigenvalue weighted by atomic mass is 10.1. The van der Waals surface area contributed by atoms with Crippen LogP contribution in [0.3, 0.4) is 0 Å². The SMILES string of the molecule is CCOC(=O)c1nc(-c2ccc(OC(C)C)c(C#N)c2)c[nH]1. The number of hydrogen-bond donors (Lipinski definition) is 1. The fourth-order valence-electron chi connectivity index (χ4n) is 1.91. The van der Waals surface area contributed by atoms with Gasteiger partial charge in [-0.15, -0.1) is 0 Å². The molecule has 0 fully saturated rings. The number of nitriles is 1. The molecule has 0 bridgehead atoms. The molecule has 0 aliphatic carbocycles. The fraction of sp³-hybridized carbons (Fsp3) is 0.312. The third-order valence-corrected chi connectivity index (χ3v) is 2.81. The van der Waals surface area contributed by atoms with E-state index >= 15 is 0 Å². The van der Waals surface area contributed by atoms with Gasteiger partial charge in [-0.2, -0.15) is 5.26 Å². The molecule has 0 aliphatic heterocycles.